The van der Waals surface area contributed by atoms with Crippen molar-refractivity contribution in [1.29, 1.82) is 0 Å². The molecule has 0 fully saturated rings. The number of halogens is 1. The number of benzene rings is 2. The highest BCUT2D eigenvalue weighted by atomic mass is 32.2. The minimum atomic E-state index is -4.16. The molecular formula is C27H28FN3O4S. The summed E-state index contributed by atoms with van der Waals surface area (Å²) in [4.78, 5) is 20.5. The number of nitrogens with zero attached hydrogens (tertiary/aromatic N) is 2. The van der Waals surface area contributed by atoms with E-state index >= 15 is 0 Å². The lowest BCUT2D eigenvalue weighted by atomic mass is 9.88. The first kappa shape index (κ1) is 26.8. The van der Waals surface area contributed by atoms with E-state index in [0.717, 1.165) is 0 Å². The number of hydrogen-bond donors (Lipinski definition) is 1. The second-order valence-corrected chi connectivity index (χ2v) is 10.8. The molecule has 7 nitrogen and oxygen atoms in total. The van der Waals surface area contributed by atoms with Crippen molar-refractivity contribution in [3.8, 4) is 17.0 Å². The molecule has 0 bridgehead atoms. The molecular weight excluding hydrogens is 481 g/mol. The van der Waals surface area contributed by atoms with E-state index in [1.165, 1.54) is 37.6 Å². The Hall–Kier alpha value is -3.77. The molecule has 1 aromatic heterocycles. The van der Waals surface area contributed by atoms with Gasteiger partial charge in [0, 0.05) is 31.7 Å². The minimum Gasteiger partial charge on any atom is -0.481 e. The number of sulfonamides is 1. The third-order valence-electron chi connectivity index (χ3n) is 5.86. The summed E-state index contributed by atoms with van der Waals surface area (Å²) < 4.78 is 47.6. The van der Waals surface area contributed by atoms with Gasteiger partial charge in [-0.25, -0.2) is 29.1 Å². The Bertz CT molecular complexity index is 1430. The topological polar surface area (TPSA) is 89.7 Å². The molecule has 0 radical (unpaired) electrons. The van der Waals surface area contributed by atoms with E-state index in [-0.39, 0.29) is 17.2 Å². The predicted molar refractivity (Wildman–Crippen MR) is 135 cm³/mol. The molecule has 2 aromatic carbocycles. The van der Waals surface area contributed by atoms with Crippen LogP contribution in [-0.2, 0) is 26.8 Å². The highest BCUT2D eigenvalue weighted by Gasteiger charge is 2.27. The quantitative estimate of drug-likeness (QED) is 0.421. The summed E-state index contributed by atoms with van der Waals surface area (Å²) in [7, 11) is -2.70. The summed E-state index contributed by atoms with van der Waals surface area (Å²) in [5.74, 6) is -1.02. The van der Waals surface area contributed by atoms with Crippen molar-refractivity contribution in [2.24, 2.45) is 0 Å². The molecule has 0 aliphatic carbocycles. The molecule has 188 valence electrons. The van der Waals surface area contributed by atoms with Crippen molar-refractivity contribution < 1.29 is 22.3 Å². The van der Waals surface area contributed by atoms with Gasteiger partial charge in [-0.2, -0.15) is 0 Å². The van der Waals surface area contributed by atoms with Gasteiger partial charge in [0.25, 0.3) is 15.6 Å². The van der Waals surface area contributed by atoms with Crippen LogP contribution < -0.4 is 9.46 Å². The molecule has 3 aromatic rings. The molecule has 0 aliphatic rings. The maximum atomic E-state index is 14.5. The highest BCUT2D eigenvalue weighted by Crippen LogP contribution is 2.33. The van der Waals surface area contributed by atoms with Crippen LogP contribution in [0, 0.1) is 12.4 Å². The van der Waals surface area contributed by atoms with E-state index in [9.17, 15) is 17.6 Å². The van der Waals surface area contributed by atoms with Crippen LogP contribution in [0.25, 0.3) is 16.0 Å². The first-order valence-electron chi connectivity index (χ1n) is 11.3. The summed E-state index contributed by atoms with van der Waals surface area (Å²) in [5, 5.41) is 0. The monoisotopic (exact) mass is 509 g/mol. The fourth-order valence-corrected chi connectivity index (χ4v) is 4.81. The van der Waals surface area contributed by atoms with Crippen LogP contribution in [-0.4, -0.2) is 26.4 Å². The van der Waals surface area contributed by atoms with Gasteiger partial charge < -0.3 is 9.58 Å². The Morgan fingerprint density at radius 1 is 1.17 bits per heavy atom. The number of amides is 1. The summed E-state index contributed by atoms with van der Waals surface area (Å²) >= 11 is 0. The van der Waals surface area contributed by atoms with Crippen LogP contribution in [0.4, 0.5) is 4.39 Å². The molecule has 36 heavy (non-hydrogen) atoms. The SMILES string of the molecule is [C-]#[N+]C(C)(C)c1ccc(S(=O)(=O)NC(=O)Cc2c(-c3ccnc(OC)c3)cc(F)cc2C(C)C)cc1. The molecule has 0 saturated heterocycles. The molecule has 0 atom stereocenters. The Morgan fingerprint density at radius 3 is 2.42 bits per heavy atom. The van der Waals surface area contributed by atoms with Crippen molar-refractivity contribution in [3.63, 3.8) is 0 Å². The molecule has 1 amide bonds. The van der Waals surface area contributed by atoms with Crippen LogP contribution >= 0.6 is 0 Å². The zero-order valence-corrected chi connectivity index (χ0v) is 21.6. The average Bonchev–Trinajstić information content (AvgIpc) is 2.84. The number of ether oxygens (including phenoxy) is 1. The normalized spacial score (nSPS) is 11.7. The smallest absolute Gasteiger partial charge is 0.264 e. The van der Waals surface area contributed by atoms with E-state index in [1.807, 2.05) is 13.8 Å². The van der Waals surface area contributed by atoms with E-state index in [2.05, 4.69) is 14.6 Å². The maximum absolute atomic E-state index is 14.5. The van der Waals surface area contributed by atoms with Crippen molar-refractivity contribution in [1.82, 2.24) is 9.71 Å². The van der Waals surface area contributed by atoms with E-state index < -0.39 is 27.3 Å². The average molecular weight is 510 g/mol. The van der Waals surface area contributed by atoms with Crippen LogP contribution in [0.5, 0.6) is 5.88 Å². The number of carbonyl (C=O) groups is 1. The summed E-state index contributed by atoms with van der Waals surface area (Å²) in [6.07, 6.45) is 1.23. The Kier molecular flexibility index (Phi) is 7.80. The number of hydrogen-bond acceptors (Lipinski definition) is 5. The fraction of sp³-hybridized carbons (Fsp3) is 0.296. The van der Waals surface area contributed by atoms with E-state index in [1.54, 1.807) is 38.1 Å². The largest absolute Gasteiger partial charge is 0.481 e. The predicted octanol–water partition coefficient (Wildman–Crippen LogP) is 5.22. The summed E-state index contributed by atoms with van der Waals surface area (Å²) in [6, 6.07) is 11.8. The molecule has 0 spiro atoms. The number of pyridine rings is 1. The number of aromatic nitrogens is 1. The molecule has 0 aliphatic heterocycles. The fourth-order valence-electron chi connectivity index (χ4n) is 3.83. The van der Waals surface area contributed by atoms with Crippen LogP contribution in [0.15, 0.2) is 59.6 Å². The minimum absolute atomic E-state index is 0.0948. The highest BCUT2D eigenvalue weighted by molar-refractivity contribution is 7.90. The molecule has 0 unspecified atom stereocenters. The molecule has 0 saturated carbocycles. The van der Waals surface area contributed by atoms with Crippen molar-refractivity contribution in [2.45, 2.75) is 50.5 Å². The van der Waals surface area contributed by atoms with Crippen molar-refractivity contribution in [2.75, 3.05) is 7.11 Å². The van der Waals surface area contributed by atoms with Gasteiger partial charge in [-0.3, -0.25) is 4.79 Å². The van der Waals surface area contributed by atoms with Crippen molar-refractivity contribution >= 4 is 15.9 Å². The Balaban J connectivity index is 1.95. The lowest BCUT2D eigenvalue weighted by Gasteiger charge is -2.18. The number of rotatable bonds is 8. The third kappa shape index (κ3) is 5.89. The van der Waals surface area contributed by atoms with Gasteiger partial charge in [-0.1, -0.05) is 13.8 Å². The van der Waals surface area contributed by atoms with Crippen molar-refractivity contribution in [3.05, 3.63) is 88.7 Å². The first-order valence-corrected chi connectivity index (χ1v) is 12.7. The zero-order valence-electron chi connectivity index (χ0n) is 20.8. The Labute approximate surface area is 211 Å². The second-order valence-electron chi connectivity index (χ2n) is 9.16. The summed E-state index contributed by atoms with van der Waals surface area (Å²) in [5.41, 5.74) is 2.02. The molecule has 1 heterocycles. The van der Waals surface area contributed by atoms with Gasteiger partial charge in [0.05, 0.1) is 18.4 Å². The maximum Gasteiger partial charge on any atom is 0.264 e. The first-order chi connectivity index (χ1) is 16.9. The lowest BCUT2D eigenvalue weighted by molar-refractivity contribution is -0.118. The number of methoxy groups -OCH3 is 1. The molecule has 9 heteroatoms. The summed E-state index contributed by atoms with van der Waals surface area (Å²) in [6.45, 7) is 14.5. The zero-order chi connectivity index (χ0) is 26.7. The number of nitrogens with one attached hydrogen (secondary N) is 1. The molecule has 1 N–H and O–H groups in total. The van der Waals surface area contributed by atoms with Crippen LogP contribution in [0.1, 0.15) is 50.3 Å². The number of carbonyl (C=O) groups excluding carboxylic acids is 1. The standard InChI is InChI=1S/C27H28FN3O4S/c1-17(2)22-14-20(28)15-23(18-11-12-30-26(13-18)35-6)24(22)16-25(32)31-36(33,34)21-9-7-19(8-10-21)27(3,4)29-5/h7-15,17H,16H2,1-4,6H3,(H,31,32). The van der Waals surface area contributed by atoms with Gasteiger partial charge in [-0.15, -0.1) is 0 Å². The van der Waals surface area contributed by atoms with Gasteiger partial charge >= 0.3 is 0 Å². The van der Waals surface area contributed by atoms with Gasteiger partial charge in [0.15, 0.2) is 0 Å². The van der Waals surface area contributed by atoms with E-state index in [0.29, 0.717) is 33.7 Å². The Morgan fingerprint density at radius 2 is 1.83 bits per heavy atom. The second kappa shape index (κ2) is 10.5. The van der Waals surface area contributed by atoms with Gasteiger partial charge in [-0.05, 0) is 70.6 Å². The van der Waals surface area contributed by atoms with Gasteiger partial charge in [0.2, 0.25) is 11.8 Å². The lowest BCUT2D eigenvalue weighted by Crippen LogP contribution is -2.32. The van der Waals surface area contributed by atoms with E-state index in [4.69, 9.17) is 11.3 Å². The van der Waals surface area contributed by atoms with Gasteiger partial charge in [0.1, 0.15) is 5.82 Å². The third-order valence-corrected chi connectivity index (χ3v) is 7.25. The van der Waals surface area contributed by atoms with Crippen LogP contribution in [0.2, 0.25) is 0 Å². The molecule has 3 rings (SSSR count). The van der Waals surface area contributed by atoms with Crippen LogP contribution in [0.3, 0.4) is 0 Å².